The topological polar surface area (TPSA) is 57.7 Å². The molecule has 1 N–H and O–H groups in total. The molecule has 0 aliphatic carbocycles. The number of hydrogen-bond donors (Lipinski definition) is 1. The van der Waals surface area contributed by atoms with Crippen molar-refractivity contribution in [2.24, 2.45) is 0 Å². The number of carbonyl (C=O) groups is 1. The molecule has 1 fully saturated rings. The van der Waals surface area contributed by atoms with Crippen molar-refractivity contribution in [1.82, 2.24) is 9.88 Å². The van der Waals surface area contributed by atoms with Gasteiger partial charge in [0.2, 0.25) is 0 Å². The molecule has 1 aliphatic heterocycles. The van der Waals surface area contributed by atoms with Gasteiger partial charge >= 0.3 is 6.03 Å². The largest absolute Gasteiger partial charge is 0.487 e. The van der Waals surface area contributed by atoms with Crippen LogP contribution in [0.15, 0.2) is 60.1 Å². The standard InChI is InChI=1S/C22H24N4O2S/c1-17-7-8-19(20(15-17)28-16-18-5-3-2-4-6-18)24-21(27)25-10-12-26(13-11-25)22-23-9-14-29-22/h2-9,14-15H,10-13,16H2,1H3,(H,24,27). The lowest BCUT2D eigenvalue weighted by molar-refractivity contribution is 0.208. The summed E-state index contributed by atoms with van der Waals surface area (Å²) in [5.74, 6) is 0.684. The van der Waals surface area contributed by atoms with Crippen LogP contribution in [0.25, 0.3) is 0 Å². The van der Waals surface area contributed by atoms with Crippen LogP contribution >= 0.6 is 11.3 Å². The molecule has 1 saturated heterocycles. The first-order valence-electron chi connectivity index (χ1n) is 9.67. The Labute approximate surface area is 174 Å². The smallest absolute Gasteiger partial charge is 0.322 e. The summed E-state index contributed by atoms with van der Waals surface area (Å²) in [4.78, 5) is 21.2. The minimum atomic E-state index is -0.0998. The van der Waals surface area contributed by atoms with Crippen LogP contribution in [-0.2, 0) is 6.61 Å². The number of nitrogens with one attached hydrogen (secondary N) is 1. The van der Waals surface area contributed by atoms with Crippen molar-refractivity contribution in [2.45, 2.75) is 13.5 Å². The molecule has 2 amide bonds. The molecule has 0 unspecified atom stereocenters. The summed E-state index contributed by atoms with van der Waals surface area (Å²) in [6, 6.07) is 15.7. The molecule has 150 valence electrons. The lowest BCUT2D eigenvalue weighted by Gasteiger charge is -2.34. The quantitative estimate of drug-likeness (QED) is 0.680. The first kappa shape index (κ1) is 19.3. The molecule has 2 aromatic carbocycles. The van der Waals surface area contributed by atoms with E-state index in [0.29, 0.717) is 31.1 Å². The number of urea groups is 1. The van der Waals surface area contributed by atoms with Gasteiger partial charge in [-0.3, -0.25) is 0 Å². The lowest BCUT2D eigenvalue weighted by atomic mass is 10.2. The molecule has 1 aromatic heterocycles. The molecule has 2 heterocycles. The first-order valence-corrected chi connectivity index (χ1v) is 10.5. The van der Waals surface area contributed by atoms with Gasteiger partial charge in [0.25, 0.3) is 0 Å². The van der Waals surface area contributed by atoms with E-state index >= 15 is 0 Å². The van der Waals surface area contributed by atoms with E-state index < -0.39 is 0 Å². The van der Waals surface area contributed by atoms with Gasteiger partial charge in [-0.1, -0.05) is 36.4 Å². The van der Waals surface area contributed by atoms with Crippen LogP contribution in [0.2, 0.25) is 0 Å². The Morgan fingerprint density at radius 3 is 2.66 bits per heavy atom. The number of benzene rings is 2. The van der Waals surface area contributed by atoms with Crippen molar-refractivity contribution < 1.29 is 9.53 Å². The second kappa shape index (κ2) is 8.96. The van der Waals surface area contributed by atoms with Gasteiger partial charge in [0, 0.05) is 37.8 Å². The van der Waals surface area contributed by atoms with Crippen LogP contribution < -0.4 is 15.0 Å². The SMILES string of the molecule is Cc1ccc(NC(=O)N2CCN(c3nccs3)CC2)c(OCc2ccccc2)c1. The number of ether oxygens (including phenoxy) is 1. The minimum absolute atomic E-state index is 0.0998. The second-order valence-corrected chi connectivity index (χ2v) is 7.87. The summed E-state index contributed by atoms with van der Waals surface area (Å²) < 4.78 is 6.01. The van der Waals surface area contributed by atoms with Gasteiger partial charge < -0.3 is 19.9 Å². The van der Waals surface area contributed by atoms with E-state index in [1.807, 2.05) is 71.9 Å². The molecule has 0 bridgehead atoms. The van der Waals surface area contributed by atoms with Crippen molar-refractivity contribution in [3.05, 3.63) is 71.2 Å². The Balaban J connectivity index is 1.38. The third kappa shape index (κ3) is 4.86. The van der Waals surface area contributed by atoms with Crippen LogP contribution in [0.3, 0.4) is 0 Å². The van der Waals surface area contributed by atoms with Gasteiger partial charge in [-0.2, -0.15) is 0 Å². The minimum Gasteiger partial charge on any atom is -0.487 e. The summed E-state index contributed by atoms with van der Waals surface area (Å²) in [6.45, 7) is 5.37. The molecule has 1 aliphatic rings. The van der Waals surface area contributed by atoms with Crippen molar-refractivity contribution in [3.8, 4) is 5.75 Å². The highest BCUT2D eigenvalue weighted by Crippen LogP contribution is 2.27. The van der Waals surface area contributed by atoms with E-state index in [4.69, 9.17) is 4.74 Å². The number of carbonyl (C=O) groups excluding carboxylic acids is 1. The summed E-state index contributed by atoms with van der Waals surface area (Å²) in [5, 5.41) is 6.01. The Morgan fingerprint density at radius 2 is 1.93 bits per heavy atom. The molecule has 4 rings (SSSR count). The number of nitrogens with zero attached hydrogens (tertiary/aromatic N) is 3. The molecule has 6 nitrogen and oxygen atoms in total. The summed E-state index contributed by atoms with van der Waals surface area (Å²) in [5.41, 5.74) is 2.87. The zero-order valence-electron chi connectivity index (χ0n) is 16.4. The monoisotopic (exact) mass is 408 g/mol. The third-order valence-electron chi connectivity index (χ3n) is 4.87. The second-order valence-electron chi connectivity index (χ2n) is 6.99. The number of anilines is 2. The fraction of sp³-hybridized carbons (Fsp3) is 0.273. The summed E-state index contributed by atoms with van der Waals surface area (Å²) >= 11 is 1.63. The number of piperazine rings is 1. The third-order valence-corrected chi connectivity index (χ3v) is 5.70. The maximum atomic E-state index is 12.8. The number of rotatable bonds is 5. The van der Waals surface area contributed by atoms with E-state index in [1.165, 1.54) is 0 Å². The molecule has 0 spiro atoms. The molecule has 0 atom stereocenters. The van der Waals surface area contributed by atoms with Crippen molar-refractivity contribution >= 4 is 28.2 Å². The highest BCUT2D eigenvalue weighted by molar-refractivity contribution is 7.13. The maximum absolute atomic E-state index is 12.8. The number of hydrogen-bond acceptors (Lipinski definition) is 5. The molecular formula is C22H24N4O2S. The van der Waals surface area contributed by atoms with Crippen LogP contribution in [0.4, 0.5) is 15.6 Å². The summed E-state index contributed by atoms with van der Waals surface area (Å²) in [7, 11) is 0. The molecule has 7 heteroatoms. The number of aryl methyl sites for hydroxylation is 1. The number of aromatic nitrogens is 1. The average molecular weight is 409 g/mol. The van der Waals surface area contributed by atoms with Gasteiger partial charge in [-0.15, -0.1) is 11.3 Å². The predicted molar refractivity (Wildman–Crippen MR) is 117 cm³/mol. The van der Waals surface area contributed by atoms with Crippen molar-refractivity contribution in [3.63, 3.8) is 0 Å². The maximum Gasteiger partial charge on any atom is 0.322 e. The molecule has 0 radical (unpaired) electrons. The van der Waals surface area contributed by atoms with Gasteiger partial charge in [-0.05, 0) is 30.2 Å². The molecule has 29 heavy (non-hydrogen) atoms. The Kier molecular flexibility index (Phi) is 5.95. The number of amides is 2. The highest BCUT2D eigenvalue weighted by Gasteiger charge is 2.23. The van der Waals surface area contributed by atoms with Gasteiger partial charge in [-0.25, -0.2) is 9.78 Å². The average Bonchev–Trinajstić information content (AvgIpc) is 3.29. The molecular weight excluding hydrogens is 384 g/mol. The van der Waals surface area contributed by atoms with E-state index in [1.54, 1.807) is 11.3 Å². The Morgan fingerprint density at radius 1 is 1.14 bits per heavy atom. The zero-order valence-corrected chi connectivity index (χ0v) is 17.2. The van der Waals surface area contributed by atoms with Crippen molar-refractivity contribution in [1.29, 1.82) is 0 Å². The fourth-order valence-corrected chi connectivity index (χ4v) is 3.95. The van der Waals surface area contributed by atoms with E-state index in [-0.39, 0.29) is 6.03 Å². The van der Waals surface area contributed by atoms with Crippen LogP contribution in [-0.4, -0.2) is 42.1 Å². The van der Waals surface area contributed by atoms with Gasteiger partial charge in [0.05, 0.1) is 5.69 Å². The fourth-order valence-electron chi connectivity index (χ4n) is 3.25. The van der Waals surface area contributed by atoms with Gasteiger partial charge in [0.15, 0.2) is 5.13 Å². The first-order chi connectivity index (χ1) is 14.2. The van der Waals surface area contributed by atoms with Crippen LogP contribution in [0, 0.1) is 6.92 Å². The Hall–Kier alpha value is -3.06. The Bertz CT molecular complexity index is 939. The zero-order chi connectivity index (χ0) is 20.1. The van der Waals surface area contributed by atoms with E-state index in [0.717, 1.165) is 29.3 Å². The van der Waals surface area contributed by atoms with Gasteiger partial charge in [0.1, 0.15) is 12.4 Å². The van der Waals surface area contributed by atoms with Crippen molar-refractivity contribution in [2.75, 3.05) is 36.4 Å². The molecule has 0 saturated carbocycles. The highest BCUT2D eigenvalue weighted by atomic mass is 32.1. The normalized spacial score (nSPS) is 14.0. The number of thiazole rings is 1. The van der Waals surface area contributed by atoms with E-state index in [2.05, 4.69) is 15.2 Å². The summed E-state index contributed by atoms with van der Waals surface area (Å²) in [6.07, 6.45) is 1.81. The lowest BCUT2D eigenvalue weighted by Crippen LogP contribution is -2.50. The van der Waals surface area contributed by atoms with E-state index in [9.17, 15) is 4.79 Å². The van der Waals surface area contributed by atoms with Crippen LogP contribution in [0.5, 0.6) is 5.75 Å². The van der Waals surface area contributed by atoms with Crippen LogP contribution in [0.1, 0.15) is 11.1 Å². The molecule has 3 aromatic rings. The predicted octanol–water partition coefficient (Wildman–Crippen LogP) is 4.38.